The van der Waals surface area contributed by atoms with Crippen LogP contribution in [0.15, 0.2) is 24.3 Å². The van der Waals surface area contributed by atoms with E-state index in [9.17, 15) is 4.79 Å². The van der Waals surface area contributed by atoms with E-state index in [4.69, 9.17) is 5.26 Å². The van der Waals surface area contributed by atoms with Crippen LogP contribution in [0.25, 0.3) is 5.70 Å². The van der Waals surface area contributed by atoms with Crippen LogP contribution in [0.3, 0.4) is 0 Å². The number of nitrogens with zero attached hydrogens (tertiary/aromatic N) is 1. The number of carbonyl (C=O) groups excluding carboxylic acids is 1. The maximum absolute atomic E-state index is 12.7. The number of rotatable bonds is 2. The third kappa shape index (κ3) is 3.47. The number of nitriles is 1. The van der Waals surface area contributed by atoms with Gasteiger partial charge in [-0.3, -0.25) is 4.79 Å². The molecule has 0 saturated heterocycles. The molecule has 3 nitrogen and oxygen atoms in total. The van der Waals surface area contributed by atoms with Gasteiger partial charge in [0.05, 0.1) is 11.6 Å². The fourth-order valence-electron chi connectivity index (χ4n) is 3.76. The molecule has 1 heterocycles. The summed E-state index contributed by atoms with van der Waals surface area (Å²) < 4.78 is 0. The number of benzene rings is 1. The molecule has 1 aliphatic carbocycles. The SMILES string of the molecule is CC1(C)Cc2ccc(C#N)cc2C(=CC(=O)C2CCCCC2)N1. The summed E-state index contributed by atoms with van der Waals surface area (Å²) in [5, 5.41) is 12.7. The smallest absolute Gasteiger partial charge is 0.160 e. The van der Waals surface area contributed by atoms with Gasteiger partial charge in [-0.05, 0) is 50.8 Å². The number of ketones is 1. The number of nitrogens with one attached hydrogen (secondary N) is 1. The molecular weight excluding hydrogens is 284 g/mol. The lowest BCUT2D eigenvalue weighted by Gasteiger charge is -2.36. The maximum Gasteiger partial charge on any atom is 0.160 e. The van der Waals surface area contributed by atoms with Gasteiger partial charge < -0.3 is 5.32 Å². The first-order valence-electron chi connectivity index (χ1n) is 8.56. The average Bonchev–Trinajstić information content (AvgIpc) is 2.54. The highest BCUT2D eigenvalue weighted by Crippen LogP contribution is 2.32. The Hall–Kier alpha value is -2.08. The maximum atomic E-state index is 12.7. The zero-order valence-corrected chi connectivity index (χ0v) is 14.0. The Labute approximate surface area is 138 Å². The molecule has 2 aliphatic rings. The van der Waals surface area contributed by atoms with Crippen molar-refractivity contribution in [2.45, 2.75) is 57.9 Å². The van der Waals surface area contributed by atoms with Crippen LogP contribution in [-0.2, 0) is 11.2 Å². The molecule has 120 valence electrons. The van der Waals surface area contributed by atoms with E-state index < -0.39 is 0 Å². The minimum Gasteiger partial charge on any atom is -0.379 e. The van der Waals surface area contributed by atoms with Gasteiger partial charge in [-0.25, -0.2) is 0 Å². The van der Waals surface area contributed by atoms with E-state index in [2.05, 4.69) is 25.2 Å². The van der Waals surface area contributed by atoms with Crippen LogP contribution in [0.1, 0.15) is 62.6 Å². The fourth-order valence-corrected chi connectivity index (χ4v) is 3.76. The van der Waals surface area contributed by atoms with Crippen molar-refractivity contribution in [1.82, 2.24) is 5.32 Å². The van der Waals surface area contributed by atoms with Gasteiger partial charge in [0, 0.05) is 28.8 Å². The first-order valence-corrected chi connectivity index (χ1v) is 8.56. The van der Waals surface area contributed by atoms with Crippen molar-refractivity contribution in [3.05, 3.63) is 41.0 Å². The Morgan fingerprint density at radius 2 is 2.04 bits per heavy atom. The third-order valence-corrected chi connectivity index (χ3v) is 4.93. The minimum atomic E-state index is -0.0835. The molecule has 3 heteroatoms. The van der Waals surface area contributed by atoms with E-state index in [1.165, 1.54) is 12.0 Å². The van der Waals surface area contributed by atoms with Crippen molar-refractivity contribution in [2.75, 3.05) is 0 Å². The molecule has 0 amide bonds. The Balaban J connectivity index is 1.96. The minimum absolute atomic E-state index is 0.0835. The van der Waals surface area contributed by atoms with Gasteiger partial charge in [0.2, 0.25) is 0 Å². The second-order valence-corrected chi connectivity index (χ2v) is 7.46. The summed E-state index contributed by atoms with van der Waals surface area (Å²) in [5.74, 6) is 0.406. The second kappa shape index (κ2) is 6.20. The topological polar surface area (TPSA) is 52.9 Å². The molecule has 1 saturated carbocycles. The number of carbonyl (C=O) groups is 1. The monoisotopic (exact) mass is 308 g/mol. The first kappa shape index (κ1) is 15.8. The normalized spacial score (nSPS) is 22.0. The molecule has 23 heavy (non-hydrogen) atoms. The molecule has 0 aromatic heterocycles. The van der Waals surface area contributed by atoms with Gasteiger partial charge in [0.15, 0.2) is 5.78 Å². The molecule has 0 atom stereocenters. The molecule has 0 bridgehead atoms. The Kier molecular flexibility index (Phi) is 4.26. The van der Waals surface area contributed by atoms with Crippen LogP contribution >= 0.6 is 0 Å². The Bertz CT molecular complexity index is 688. The summed E-state index contributed by atoms with van der Waals surface area (Å²) in [7, 11) is 0. The predicted molar refractivity (Wildman–Crippen MR) is 91.6 cm³/mol. The van der Waals surface area contributed by atoms with E-state index >= 15 is 0 Å². The molecule has 3 rings (SSSR count). The summed E-state index contributed by atoms with van der Waals surface area (Å²) >= 11 is 0. The van der Waals surface area contributed by atoms with Gasteiger partial charge in [0.1, 0.15) is 0 Å². The molecule has 0 spiro atoms. The second-order valence-electron chi connectivity index (χ2n) is 7.46. The molecule has 1 aliphatic heterocycles. The highest BCUT2D eigenvalue weighted by Gasteiger charge is 2.29. The van der Waals surface area contributed by atoms with Gasteiger partial charge in [0.25, 0.3) is 0 Å². The van der Waals surface area contributed by atoms with Crippen molar-refractivity contribution in [3.8, 4) is 6.07 Å². The van der Waals surface area contributed by atoms with Crippen LogP contribution in [0.5, 0.6) is 0 Å². The average molecular weight is 308 g/mol. The quantitative estimate of drug-likeness (QED) is 0.841. The molecule has 1 aromatic carbocycles. The molecule has 0 unspecified atom stereocenters. The van der Waals surface area contributed by atoms with Crippen LogP contribution in [-0.4, -0.2) is 11.3 Å². The van der Waals surface area contributed by atoms with Crippen LogP contribution in [0, 0.1) is 17.2 Å². The molecule has 1 N–H and O–H groups in total. The standard InChI is InChI=1S/C20H24N2O/c1-20(2)12-16-9-8-14(13-21)10-17(16)18(22-20)11-19(23)15-6-4-3-5-7-15/h8-11,15,22H,3-7,12H2,1-2H3. The van der Waals surface area contributed by atoms with Crippen LogP contribution < -0.4 is 5.32 Å². The van der Waals surface area contributed by atoms with Crippen molar-refractivity contribution < 1.29 is 4.79 Å². The predicted octanol–water partition coefficient (Wildman–Crippen LogP) is 3.97. The molecule has 1 fully saturated rings. The highest BCUT2D eigenvalue weighted by molar-refractivity contribution is 5.98. The van der Waals surface area contributed by atoms with E-state index in [1.807, 2.05) is 18.2 Å². The zero-order valence-electron chi connectivity index (χ0n) is 14.0. The molecular formula is C20H24N2O. The Morgan fingerprint density at radius 3 is 2.74 bits per heavy atom. The van der Waals surface area contributed by atoms with Crippen molar-refractivity contribution in [2.24, 2.45) is 5.92 Å². The molecule has 1 aromatic rings. The summed E-state index contributed by atoms with van der Waals surface area (Å²) in [5.41, 5.74) is 3.65. The lowest BCUT2D eigenvalue weighted by Crippen LogP contribution is -2.44. The summed E-state index contributed by atoms with van der Waals surface area (Å²) in [6.07, 6.45) is 8.27. The lowest BCUT2D eigenvalue weighted by atomic mass is 9.82. The van der Waals surface area contributed by atoms with Crippen molar-refractivity contribution in [3.63, 3.8) is 0 Å². The highest BCUT2D eigenvalue weighted by atomic mass is 16.1. The fraction of sp³-hybridized carbons (Fsp3) is 0.500. The van der Waals surface area contributed by atoms with Gasteiger partial charge in [-0.1, -0.05) is 25.3 Å². The van der Waals surface area contributed by atoms with Crippen molar-refractivity contribution in [1.29, 1.82) is 5.26 Å². The largest absolute Gasteiger partial charge is 0.379 e. The summed E-state index contributed by atoms with van der Waals surface area (Å²) in [6.45, 7) is 4.29. The molecule has 0 radical (unpaired) electrons. The van der Waals surface area contributed by atoms with E-state index in [-0.39, 0.29) is 17.2 Å². The third-order valence-electron chi connectivity index (χ3n) is 4.93. The van der Waals surface area contributed by atoms with Gasteiger partial charge in [-0.2, -0.15) is 5.26 Å². The zero-order chi connectivity index (χ0) is 16.4. The number of fused-ring (bicyclic) bond motifs is 1. The van der Waals surface area contributed by atoms with Gasteiger partial charge in [-0.15, -0.1) is 0 Å². The van der Waals surface area contributed by atoms with E-state index in [0.29, 0.717) is 5.56 Å². The first-order chi connectivity index (χ1) is 11.0. The Morgan fingerprint density at radius 1 is 1.30 bits per heavy atom. The summed E-state index contributed by atoms with van der Waals surface area (Å²) in [4.78, 5) is 12.7. The number of hydrogen-bond donors (Lipinski definition) is 1. The van der Waals surface area contributed by atoms with Crippen LogP contribution in [0.4, 0.5) is 0 Å². The number of allylic oxidation sites excluding steroid dienone is 1. The number of hydrogen-bond acceptors (Lipinski definition) is 3. The van der Waals surface area contributed by atoms with E-state index in [0.717, 1.165) is 43.4 Å². The van der Waals surface area contributed by atoms with E-state index in [1.54, 1.807) is 6.08 Å². The van der Waals surface area contributed by atoms with Gasteiger partial charge >= 0.3 is 0 Å². The lowest BCUT2D eigenvalue weighted by molar-refractivity contribution is -0.119. The van der Waals surface area contributed by atoms with Crippen LogP contribution in [0.2, 0.25) is 0 Å². The van der Waals surface area contributed by atoms with Crippen molar-refractivity contribution >= 4 is 11.5 Å². The summed E-state index contributed by atoms with van der Waals surface area (Å²) in [6, 6.07) is 7.98.